The molecule has 0 radical (unpaired) electrons. The predicted molar refractivity (Wildman–Crippen MR) is 111 cm³/mol. The van der Waals surface area contributed by atoms with Crippen LogP contribution in [0.3, 0.4) is 0 Å². The lowest BCUT2D eigenvalue weighted by molar-refractivity contribution is 0.299. The van der Waals surface area contributed by atoms with Gasteiger partial charge in [0.25, 0.3) is 0 Å². The number of anilines is 1. The molecule has 140 valence electrons. The SMILES string of the molecule is CCOc1ccc(NC(=S)NC[C@@H](c2ccc(OC)cc2)N(C)C)cc1. The summed E-state index contributed by atoms with van der Waals surface area (Å²) >= 11 is 5.42. The van der Waals surface area contributed by atoms with Gasteiger partial charge in [0, 0.05) is 12.2 Å². The Bertz CT molecular complexity index is 687. The summed E-state index contributed by atoms with van der Waals surface area (Å²) in [4.78, 5) is 2.16. The highest BCUT2D eigenvalue weighted by Crippen LogP contribution is 2.21. The molecule has 2 rings (SSSR count). The van der Waals surface area contributed by atoms with Gasteiger partial charge in [0.15, 0.2) is 5.11 Å². The van der Waals surface area contributed by atoms with Crippen LogP contribution in [0.15, 0.2) is 48.5 Å². The van der Waals surface area contributed by atoms with Crippen molar-refractivity contribution in [3.8, 4) is 11.5 Å². The molecule has 0 aliphatic heterocycles. The third-order valence-corrected chi connectivity index (χ3v) is 4.25. The van der Waals surface area contributed by atoms with E-state index in [4.69, 9.17) is 21.7 Å². The van der Waals surface area contributed by atoms with Crippen molar-refractivity contribution >= 4 is 23.0 Å². The Morgan fingerprint density at radius 2 is 1.65 bits per heavy atom. The van der Waals surface area contributed by atoms with Gasteiger partial charge in [-0.15, -0.1) is 0 Å². The number of hydrogen-bond donors (Lipinski definition) is 2. The number of hydrogen-bond acceptors (Lipinski definition) is 4. The van der Waals surface area contributed by atoms with Crippen molar-refractivity contribution in [1.82, 2.24) is 10.2 Å². The molecule has 0 aromatic heterocycles. The Kier molecular flexibility index (Phi) is 7.69. The number of benzene rings is 2. The summed E-state index contributed by atoms with van der Waals surface area (Å²) in [6, 6.07) is 16.1. The van der Waals surface area contributed by atoms with E-state index in [-0.39, 0.29) is 6.04 Å². The first kappa shape index (κ1) is 20.0. The van der Waals surface area contributed by atoms with Gasteiger partial charge in [-0.1, -0.05) is 12.1 Å². The van der Waals surface area contributed by atoms with Gasteiger partial charge >= 0.3 is 0 Å². The summed E-state index contributed by atoms with van der Waals surface area (Å²) in [6.45, 7) is 3.32. The number of rotatable bonds is 8. The molecule has 0 saturated heterocycles. The number of nitrogens with one attached hydrogen (secondary N) is 2. The zero-order chi connectivity index (χ0) is 18.9. The van der Waals surface area contributed by atoms with Crippen molar-refractivity contribution in [1.29, 1.82) is 0 Å². The second kappa shape index (κ2) is 9.99. The summed E-state index contributed by atoms with van der Waals surface area (Å²) in [5.74, 6) is 1.70. The normalized spacial score (nSPS) is 11.7. The van der Waals surface area contributed by atoms with Crippen molar-refractivity contribution in [2.75, 3.05) is 39.7 Å². The Balaban J connectivity index is 1.92. The monoisotopic (exact) mass is 373 g/mol. The second-order valence-electron chi connectivity index (χ2n) is 6.04. The van der Waals surface area contributed by atoms with E-state index in [0.717, 1.165) is 17.2 Å². The Morgan fingerprint density at radius 3 is 2.19 bits per heavy atom. The maximum Gasteiger partial charge on any atom is 0.170 e. The highest BCUT2D eigenvalue weighted by molar-refractivity contribution is 7.80. The quantitative estimate of drug-likeness (QED) is 0.688. The number of nitrogens with zero attached hydrogens (tertiary/aromatic N) is 1. The fourth-order valence-electron chi connectivity index (χ4n) is 2.59. The second-order valence-corrected chi connectivity index (χ2v) is 6.45. The summed E-state index contributed by atoms with van der Waals surface area (Å²) < 4.78 is 10.7. The zero-order valence-corrected chi connectivity index (χ0v) is 16.6. The lowest BCUT2D eigenvalue weighted by Gasteiger charge is -2.26. The smallest absolute Gasteiger partial charge is 0.170 e. The first-order chi connectivity index (χ1) is 12.5. The molecule has 0 saturated carbocycles. The maximum atomic E-state index is 5.45. The van der Waals surface area contributed by atoms with E-state index in [1.165, 1.54) is 5.56 Å². The van der Waals surface area contributed by atoms with Crippen LogP contribution in [0.25, 0.3) is 0 Å². The van der Waals surface area contributed by atoms with Crippen molar-refractivity contribution in [2.24, 2.45) is 0 Å². The van der Waals surface area contributed by atoms with Crippen LogP contribution < -0.4 is 20.1 Å². The summed E-state index contributed by atoms with van der Waals surface area (Å²) in [5, 5.41) is 7.09. The molecule has 6 heteroatoms. The van der Waals surface area contributed by atoms with Crippen molar-refractivity contribution in [3.05, 3.63) is 54.1 Å². The highest BCUT2D eigenvalue weighted by Gasteiger charge is 2.14. The topological polar surface area (TPSA) is 45.8 Å². The molecule has 0 amide bonds. The highest BCUT2D eigenvalue weighted by atomic mass is 32.1. The molecular weight excluding hydrogens is 346 g/mol. The standard InChI is InChI=1S/C20H27N3O2S/c1-5-25-18-12-8-16(9-13-18)22-20(26)21-14-19(23(2)3)15-6-10-17(24-4)11-7-15/h6-13,19H,5,14H2,1-4H3,(H2,21,22,26)/t19-/m0/s1. The summed E-state index contributed by atoms with van der Waals surface area (Å²) in [7, 11) is 5.78. The molecular formula is C20H27N3O2S. The lowest BCUT2D eigenvalue weighted by atomic mass is 10.1. The van der Waals surface area contributed by atoms with Gasteiger partial charge in [-0.25, -0.2) is 0 Å². The minimum absolute atomic E-state index is 0.195. The van der Waals surface area contributed by atoms with E-state index in [1.54, 1.807) is 7.11 Å². The Morgan fingerprint density at radius 1 is 1.04 bits per heavy atom. The molecule has 26 heavy (non-hydrogen) atoms. The van der Waals surface area contributed by atoms with E-state index in [2.05, 4.69) is 41.8 Å². The van der Waals surface area contributed by atoms with Crippen LogP contribution in [0.1, 0.15) is 18.5 Å². The molecule has 1 atom stereocenters. The van der Waals surface area contributed by atoms with E-state index < -0.39 is 0 Å². The molecule has 2 aromatic carbocycles. The van der Waals surface area contributed by atoms with Gasteiger partial charge in [-0.3, -0.25) is 0 Å². The predicted octanol–water partition coefficient (Wildman–Crippen LogP) is 3.68. The van der Waals surface area contributed by atoms with Gasteiger partial charge in [0.1, 0.15) is 11.5 Å². The van der Waals surface area contributed by atoms with Crippen molar-refractivity contribution in [2.45, 2.75) is 13.0 Å². The van der Waals surface area contributed by atoms with Crippen molar-refractivity contribution in [3.63, 3.8) is 0 Å². The molecule has 0 aliphatic rings. The van der Waals surface area contributed by atoms with Gasteiger partial charge in [-0.2, -0.15) is 0 Å². The molecule has 2 aromatic rings. The minimum atomic E-state index is 0.195. The summed E-state index contributed by atoms with van der Waals surface area (Å²) in [5.41, 5.74) is 2.13. The fraction of sp³-hybridized carbons (Fsp3) is 0.350. The number of ether oxygens (including phenoxy) is 2. The first-order valence-corrected chi connectivity index (χ1v) is 9.02. The lowest BCUT2D eigenvalue weighted by Crippen LogP contribution is -2.36. The van der Waals surface area contributed by atoms with Gasteiger partial charge in [0.05, 0.1) is 19.8 Å². The van der Waals surface area contributed by atoms with E-state index in [0.29, 0.717) is 18.3 Å². The molecule has 5 nitrogen and oxygen atoms in total. The van der Waals surface area contributed by atoms with Gasteiger partial charge in [0.2, 0.25) is 0 Å². The van der Waals surface area contributed by atoms with Crippen molar-refractivity contribution < 1.29 is 9.47 Å². The molecule has 0 bridgehead atoms. The van der Waals surface area contributed by atoms with E-state index in [9.17, 15) is 0 Å². The molecule has 0 aliphatic carbocycles. The number of thiocarbonyl (C=S) groups is 1. The summed E-state index contributed by atoms with van der Waals surface area (Å²) in [6.07, 6.45) is 0. The van der Waals surface area contributed by atoms with E-state index >= 15 is 0 Å². The maximum absolute atomic E-state index is 5.45. The van der Waals surface area contributed by atoms with Crippen LogP contribution >= 0.6 is 12.2 Å². The van der Waals surface area contributed by atoms with E-state index in [1.807, 2.05) is 43.3 Å². The number of methoxy groups -OCH3 is 1. The minimum Gasteiger partial charge on any atom is -0.497 e. The molecule has 0 heterocycles. The van der Waals surface area contributed by atoms with Crippen LogP contribution in [0.2, 0.25) is 0 Å². The third kappa shape index (κ3) is 5.89. The largest absolute Gasteiger partial charge is 0.497 e. The fourth-order valence-corrected chi connectivity index (χ4v) is 2.79. The van der Waals surface area contributed by atoms with Crippen LogP contribution in [-0.4, -0.2) is 44.4 Å². The first-order valence-electron chi connectivity index (χ1n) is 8.61. The molecule has 0 fully saturated rings. The number of likely N-dealkylation sites (N-methyl/N-ethyl adjacent to an activating group) is 1. The van der Waals surface area contributed by atoms with Crippen LogP contribution in [0, 0.1) is 0 Å². The molecule has 0 spiro atoms. The van der Waals surface area contributed by atoms with Gasteiger partial charge < -0.3 is 25.0 Å². The van der Waals surface area contributed by atoms with Crippen LogP contribution in [0.4, 0.5) is 5.69 Å². The Labute approximate surface area is 161 Å². The molecule has 2 N–H and O–H groups in total. The average Bonchev–Trinajstić information content (AvgIpc) is 2.64. The van der Waals surface area contributed by atoms with Crippen LogP contribution in [0.5, 0.6) is 11.5 Å². The molecule has 0 unspecified atom stereocenters. The zero-order valence-electron chi connectivity index (χ0n) is 15.8. The third-order valence-electron chi connectivity index (χ3n) is 4.00. The van der Waals surface area contributed by atoms with Crippen LogP contribution in [-0.2, 0) is 0 Å². The van der Waals surface area contributed by atoms with Gasteiger partial charge in [-0.05, 0) is 75.2 Å². The Hall–Kier alpha value is -2.31. The average molecular weight is 374 g/mol.